The summed E-state index contributed by atoms with van der Waals surface area (Å²) in [6, 6.07) is 4.91. The van der Waals surface area contributed by atoms with E-state index < -0.39 is 11.9 Å². The van der Waals surface area contributed by atoms with Crippen LogP contribution < -0.4 is 16.0 Å². The second kappa shape index (κ2) is 15.5. The zero-order valence-corrected chi connectivity index (χ0v) is 23.1. The number of carbonyl (C=O) groups excluding carboxylic acids is 2. The molecule has 3 N–H and O–H groups in total. The minimum Gasteiger partial charge on any atom is -0.373 e. The molecule has 1 aromatic carbocycles. The molecule has 0 spiro atoms. The molecular formula is C28H44ClFN4O3. The van der Waals surface area contributed by atoms with E-state index >= 15 is 4.39 Å². The lowest BCUT2D eigenvalue weighted by atomic mass is 9.85. The second-order valence-corrected chi connectivity index (χ2v) is 10.8. The van der Waals surface area contributed by atoms with E-state index in [2.05, 4.69) is 16.0 Å². The lowest BCUT2D eigenvalue weighted by Crippen LogP contribution is -2.52. The molecule has 3 atom stereocenters. The molecule has 1 aliphatic heterocycles. The van der Waals surface area contributed by atoms with E-state index in [0.717, 1.165) is 25.8 Å². The van der Waals surface area contributed by atoms with Gasteiger partial charge in [0.15, 0.2) is 0 Å². The number of amides is 3. The highest BCUT2D eigenvalue weighted by molar-refractivity contribution is 6.30. The van der Waals surface area contributed by atoms with Crippen LogP contribution in [0.3, 0.4) is 0 Å². The standard InChI is InChI=1S/C28H44ClFN4O3/c1-3-32-25(35)14-16-37-27(23-12-7-13-24(29)26(23)30)21-11-8-15-34(19-21)28(36)33-22(18-31-2)17-20-9-5-4-6-10-20/h7,12-13,20-22,27,31H,3-6,8-11,14-19H2,1-2H3,(H,32,35)(H,33,36). The highest BCUT2D eigenvalue weighted by Gasteiger charge is 2.34. The minimum atomic E-state index is -0.598. The summed E-state index contributed by atoms with van der Waals surface area (Å²) in [4.78, 5) is 27.1. The third kappa shape index (κ3) is 9.11. The predicted octanol–water partition coefficient (Wildman–Crippen LogP) is 5.04. The summed E-state index contributed by atoms with van der Waals surface area (Å²) in [5.74, 6) is -0.0564. The summed E-state index contributed by atoms with van der Waals surface area (Å²) in [5.41, 5.74) is 0.376. The molecule has 208 valence electrons. The monoisotopic (exact) mass is 538 g/mol. The number of rotatable bonds is 12. The molecule has 1 heterocycles. The Kier molecular flexibility index (Phi) is 12.4. The van der Waals surface area contributed by atoms with Gasteiger partial charge in [-0.1, -0.05) is 55.8 Å². The Morgan fingerprint density at radius 2 is 1.97 bits per heavy atom. The van der Waals surface area contributed by atoms with Crippen molar-refractivity contribution in [3.63, 3.8) is 0 Å². The third-order valence-corrected chi connectivity index (χ3v) is 7.87. The van der Waals surface area contributed by atoms with Gasteiger partial charge in [-0.3, -0.25) is 4.79 Å². The van der Waals surface area contributed by atoms with Gasteiger partial charge in [-0.25, -0.2) is 9.18 Å². The highest BCUT2D eigenvalue weighted by Crippen LogP contribution is 2.36. The number of carbonyl (C=O) groups is 2. The van der Waals surface area contributed by atoms with Gasteiger partial charge in [0, 0.05) is 50.1 Å². The predicted molar refractivity (Wildman–Crippen MR) is 145 cm³/mol. The average molecular weight is 539 g/mol. The molecule has 3 rings (SSSR count). The molecule has 37 heavy (non-hydrogen) atoms. The maximum Gasteiger partial charge on any atom is 0.317 e. The fourth-order valence-corrected chi connectivity index (χ4v) is 5.94. The van der Waals surface area contributed by atoms with Gasteiger partial charge in [0.1, 0.15) is 5.82 Å². The number of urea groups is 1. The highest BCUT2D eigenvalue weighted by atomic mass is 35.5. The van der Waals surface area contributed by atoms with E-state index in [9.17, 15) is 9.59 Å². The summed E-state index contributed by atoms with van der Waals surface area (Å²) in [6.07, 6.45) is 8.53. The number of ether oxygens (including phenoxy) is 1. The number of likely N-dealkylation sites (N-methyl/N-ethyl adjacent to an activating group) is 1. The number of nitrogens with zero attached hydrogens (tertiary/aromatic N) is 1. The van der Waals surface area contributed by atoms with Crippen LogP contribution in [-0.2, 0) is 9.53 Å². The van der Waals surface area contributed by atoms with Crippen LogP contribution >= 0.6 is 11.6 Å². The first-order valence-corrected chi connectivity index (χ1v) is 14.3. The summed E-state index contributed by atoms with van der Waals surface area (Å²) >= 11 is 6.09. The van der Waals surface area contributed by atoms with Crippen molar-refractivity contribution in [2.75, 3.05) is 39.8 Å². The van der Waals surface area contributed by atoms with Crippen molar-refractivity contribution in [2.24, 2.45) is 11.8 Å². The first kappa shape index (κ1) is 29.7. The summed E-state index contributed by atoms with van der Waals surface area (Å²) in [6.45, 7) is 4.42. The lowest BCUT2D eigenvalue weighted by Gasteiger charge is -2.38. The van der Waals surface area contributed by atoms with Gasteiger partial charge in [-0.15, -0.1) is 0 Å². The van der Waals surface area contributed by atoms with Crippen molar-refractivity contribution in [3.05, 3.63) is 34.6 Å². The zero-order valence-electron chi connectivity index (χ0n) is 22.4. The van der Waals surface area contributed by atoms with Crippen LogP contribution in [0.25, 0.3) is 0 Å². The van der Waals surface area contributed by atoms with Crippen LogP contribution in [0.2, 0.25) is 5.02 Å². The molecule has 7 nitrogen and oxygen atoms in total. The van der Waals surface area contributed by atoms with Crippen LogP contribution in [0.15, 0.2) is 18.2 Å². The molecular weight excluding hydrogens is 495 g/mol. The molecule has 1 saturated carbocycles. The van der Waals surface area contributed by atoms with Crippen molar-refractivity contribution >= 4 is 23.5 Å². The van der Waals surface area contributed by atoms with E-state index in [0.29, 0.717) is 31.1 Å². The van der Waals surface area contributed by atoms with Crippen molar-refractivity contribution in [2.45, 2.75) is 76.9 Å². The Morgan fingerprint density at radius 3 is 2.70 bits per heavy atom. The maximum absolute atomic E-state index is 15.1. The van der Waals surface area contributed by atoms with Crippen LogP contribution in [0.4, 0.5) is 9.18 Å². The van der Waals surface area contributed by atoms with Crippen molar-refractivity contribution in [1.29, 1.82) is 0 Å². The number of hydrogen-bond acceptors (Lipinski definition) is 4. The van der Waals surface area contributed by atoms with Gasteiger partial charge in [0.25, 0.3) is 0 Å². The first-order valence-electron chi connectivity index (χ1n) is 13.9. The molecule has 1 saturated heterocycles. The van der Waals surface area contributed by atoms with Gasteiger partial charge >= 0.3 is 6.03 Å². The van der Waals surface area contributed by atoms with E-state index in [4.69, 9.17) is 16.3 Å². The Balaban J connectivity index is 1.67. The maximum atomic E-state index is 15.1. The van der Waals surface area contributed by atoms with Gasteiger partial charge in [0.05, 0.1) is 17.7 Å². The fraction of sp³-hybridized carbons (Fsp3) is 0.714. The Hall–Kier alpha value is -1.90. The van der Waals surface area contributed by atoms with Crippen molar-refractivity contribution in [1.82, 2.24) is 20.9 Å². The molecule has 9 heteroatoms. The molecule has 1 aromatic rings. The van der Waals surface area contributed by atoms with Gasteiger partial charge in [0.2, 0.25) is 5.91 Å². The first-order chi connectivity index (χ1) is 17.9. The molecule has 0 aromatic heterocycles. The molecule has 0 bridgehead atoms. The molecule has 3 amide bonds. The van der Waals surface area contributed by atoms with Crippen LogP contribution in [0, 0.1) is 17.7 Å². The Labute approximate surface area is 226 Å². The molecule has 2 fully saturated rings. The molecule has 3 unspecified atom stereocenters. The van der Waals surface area contributed by atoms with E-state index in [1.165, 1.54) is 38.2 Å². The van der Waals surface area contributed by atoms with Crippen molar-refractivity contribution < 1.29 is 18.7 Å². The Morgan fingerprint density at radius 1 is 1.19 bits per heavy atom. The smallest absolute Gasteiger partial charge is 0.317 e. The molecule has 1 aliphatic carbocycles. The van der Waals surface area contributed by atoms with Crippen LogP contribution in [0.1, 0.15) is 76.4 Å². The van der Waals surface area contributed by atoms with Crippen molar-refractivity contribution in [3.8, 4) is 0 Å². The minimum absolute atomic E-state index is 0.0397. The number of piperidine rings is 1. The van der Waals surface area contributed by atoms with E-state index in [1.807, 2.05) is 18.9 Å². The number of nitrogens with one attached hydrogen (secondary N) is 3. The average Bonchev–Trinajstić information content (AvgIpc) is 2.89. The number of halogens is 2. The third-order valence-electron chi connectivity index (χ3n) is 7.58. The van der Waals surface area contributed by atoms with Gasteiger partial charge < -0.3 is 25.6 Å². The number of benzene rings is 1. The molecule has 0 radical (unpaired) electrons. The quantitative estimate of drug-likeness (QED) is 0.348. The van der Waals surface area contributed by atoms with Gasteiger partial charge in [-0.05, 0) is 45.2 Å². The summed E-state index contributed by atoms with van der Waals surface area (Å²) < 4.78 is 21.2. The lowest BCUT2D eigenvalue weighted by molar-refractivity contribution is -0.123. The fourth-order valence-electron chi connectivity index (χ4n) is 5.76. The van der Waals surface area contributed by atoms with E-state index in [-0.39, 0.29) is 41.9 Å². The van der Waals surface area contributed by atoms with Gasteiger partial charge in [-0.2, -0.15) is 0 Å². The van der Waals surface area contributed by atoms with Crippen LogP contribution in [-0.4, -0.2) is 62.7 Å². The zero-order chi connectivity index (χ0) is 26.6. The largest absolute Gasteiger partial charge is 0.373 e. The van der Waals surface area contributed by atoms with E-state index in [1.54, 1.807) is 12.1 Å². The number of likely N-dealkylation sites (tertiary alicyclic amines) is 1. The Bertz CT molecular complexity index is 868. The summed E-state index contributed by atoms with van der Waals surface area (Å²) in [7, 11) is 1.92. The normalized spacial score (nSPS) is 20.3. The topological polar surface area (TPSA) is 82.7 Å². The number of hydrogen-bond donors (Lipinski definition) is 3. The van der Waals surface area contributed by atoms with Crippen LogP contribution in [0.5, 0.6) is 0 Å². The SMILES string of the molecule is CCNC(=O)CCOC(c1cccc(Cl)c1F)C1CCCN(C(=O)NC(CNC)CC2CCCCC2)C1. The molecule has 2 aliphatic rings. The summed E-state index contributed by atoms with van der Waals surface area (Å²) in [5, 5.41) is 9.29. The second-order valence-electron chi connectivity index (χ2n) is 10.4.